The van der Waals surface area contributed by atoms with Crippen molar-refractivity contribution in [2.24, 2.45) is 0 Å². The van der Waals surface area contributed by atoms with E-state index in [1.807, 2.05) is 0 Å². The molecule has 288 valence electrons. The number of hydrogen-bond donors (Lipinski definition) is 1. The van der Waals surface area contributed by atoms with Gasteiger partial charge < -0.3 is 14.6 Å². The molecule has 5 heteroatoms. The summed E-state index contributed by atoms with van der Waals surface area (Å²) >= 11 is 0. The Kier molecular flexibility index (Phi) is 39.1. The van der Waals surface area contributed by atoms with E-state index in [1.165, 1.54) is 103 Å². The van der Waals surface area contributed by atoms with Crippen LogP contribution in [0.1, 0.15) is 194 Å². The van der Waals surface area contributed by atoms with Crippen molar-refractivity contribution in [1.29, 1.82) is 0 Å². The Labute approximate surface area is 309 Å². The predicted molar refractivity (Wildman–Crippen MR) is 214 cm³/mol. The van der Waals surface area contributed by atoms with Crippen molar-refractivity contribution in [1.82, 2.24) is 0 Å². The summed E-state index contributed by atoms with van der Waals surface area (Å²) in [4.78, 5) is 24.3. The summed E-state index contributed by atoms with van der Waals surface area (Å²) < 4.78 is 10.6. The van der Waals surface area contributed by atoms with E-state index in [4.69, 9.17) is 9.47 Å². The van der Waals surface area contributed by atoms with Crippen molar-refractivity contribution in [2.75, 3.05) is 13.2 Å². The molecule has 0 saturated carbocycles. The van der Waals surface area contributed by atoms with E-state index in [0.717, 1.165) is 57.8 Å². The highest BCUT2D eigenvalue weighted by Crippen LogP contribution is 2.15. The van der Waals surface area contributed by atoms with Gasteiger partial charge in [0, 0.05) is 12.8 Å². The van der Waals surface area contributed by atoms with Gasteiger partial charge in [-0.1, -0.05) is 190 Å². The minimum absolute atomic E-state index is 0.0953. The Morgan fingerprint density at radius 1 is 0.480 bits per heavy atom. The molecule has 0 amide bonds. The highest BCUT2D eigenvalue weighted by Gasteiger charge is 2.16. The smallest absolute Gasteiger partial charge is 0.306 e. The van der Waals surface area contributed by atoms with Crippen LogP contribution in [0.4, 0.5) is 0 Å². The van der Waals surface area contributed by atoms with Crippen LogP contribution in [-0.4, -0.2) is 36.4 Å². The molecule has 0 radical (unpaired) electrons. The lowest BCUT2D eigenvalue weighted by Crippen LogP contribution is -2.28. The van der Waals surface area contributed by atoms with Crippen LogP contribution in [0.15, 0.2) is 60.8 Å². The molecule has 0 spiro atoms. The first-order chi connectivity index (χ1) is 24.6. The van der Waals surface area contributed by atoms with Crippen molar-refractivity contribution in [2.45, 2.75) is 200 Å². The number of aliphatic hydroxyl groups excluding tert-OH is 1. The van der Waals surface area contributed by atoms with E-state index in [1.54, 1.807) is 0 Å². The summed E-state index contributed by atoms with van der Waals surface area (Å²) in [6, 6.07) is 0. The molecular weight excluding hydrogens is 620 g/mol. The van der Waals surface area contributed by atoms with Gasteiger partial charge in [-0.3, -0.25) is 9.59 Å². The number of aliphatic hydroxyl groups is 1. The number of carbonyl (C=O) groups is 2. The Bertz CT molecular complexity index is 884. The Hall–Kier alpha value is -2.40. The van der Waals surface area contributed by atoms with Crippen LogP contribution in [0.2, 0.25) is 0 Å². The molecule has 1 N–H and O–H groups in total. The third kappa shape index (κ3) is 38.4. The third-order valence-electron chi connectivity index (χ3n) is 8.83. The quantitative estimate of drug-likeness (QED) is 0.0397. The molecule has 0 aromatic carbocycles. The van der Waals surface area contributed by atoms with Gasteiger partial charge in [0.1, 0.15) is 6.61 Å². The van der Waals surface area contributed by atoms with Crippen molar-refractivity contribution in [3.8, 4) is 0 Å². The fourth-order valence-electron chi connectivity index (χ4n) is 5.71. The zero-order valence-corrected chi connectivity index (χ0v) is 32.6. The van der Waals surface area contributed by atoms with Crippen molar-refractivity contribution >= 4 is 11.9 Å². The summed E-state index contributed by atoms with van der Waals surface area (Å²) in [6.07, 6.45) is 52.9. The molecule has 5 nitrogen and oxygen atoms in total. The summed E-state index contributed by atoms with van der Waals surface area (Å²) in [5, 5.41) is 9.56. The summed E-state index contributed by atoms with van der Waals surface area (Å²) in [7, 11) is 0. The van der Waals surface area contributed by atoms with Gasteiger partial charge in [0.2, 0.25) is 0 Å². The first kappa shape index (κ1) is 47.6. The van der Waals surface area contributed by atoms with Crippen LogP contribution in [0, 0.1) is 0 Å². The highest BCUT2D eigenvalue weighted by atomic mass is 16.6. The predicted octanol–water partition coefficient (Wildman–Crippen LogP) is 13.2. The van der Waals surface area contributed by atoms with Gasteiger partial charge in [-0.05, 0) is 51.4 Å². The molecule has 0 aromatic rings. The van der Waals surface area contributed by atoms with E-state index in [2.05, 4.69) is 74.6 Å². The lowest BCUT2D eigenvalue weighted by molar-refractivity contribution is -0.161. The minimum Gasteiger partial charge on any atom is -0.462 e. The van der Waals surface area contributed by atoms with E-state index in [0.29, 0.717) is 19.3 Å². The van der Waals surface area contributed by atoms with Crippen LogP contribution in [0.5, 0.6) is 0 Å². The first-order valence-electron chi connectivity index (χ1n) is 20.8. The lowest BCUT2D eigenvalue weighted by Gasteiger charge is -2.15. The number of ether oxygens (including phenoxy) is 2. The van der Waals surface area contributed by atoms with Crippen LogP contribution < -0.4 is 0 Å². The van der Waals surface area contributed by atoms with Gasteiger partial charge in [-0.2, -0.15) is 0 Å². The Morgan fingerprint density at radius 2 is 0.860 bits per heavy atom. The second-order valence-electron chi connectivity index (χ2n) is 13.7. The van der Waals surface area contributed by atoms with Crippen molar-refractivity contribution in [3.05, 3.63) is 60.8 Å². The maximum absolute atomic E-state index is 12.2. The average Bonchev–Trinajstić information content (AvgIpc) is 3.12. The molecule has 1 atom stereocenters. The molecule has 1 unspecified atom stereocenters. The van der Waals surface area contributed by atoms with E-state index in [-0.39, 0.29) is 25.2 Å². The number of unbranched alkanes of at least 4 members (excludes halogenated alkanes) is 19. The maximum atomic E-state index is 12.2. The minimum atomic E-state index is -0.794. The van der Waals surface area contributed by atoms with Crippen LogP contribution in [0.3, 0.4) is 0 Å². The third-order valence-corrected chi connectivity index (χ3v) is 8.83. The van der Waals surface area contributed by atoms with E-state index < -0.39 is 6.10 Å². The van der Waals surface area contributed by atoms with Crippen LogP contribution in [-0.2, 0) is 19.1 Å². The zero-order valence-electron chi connectivity index (χ0n) is 32.6. The fourth-order valence-corrected chi connectivity index (χ4v) is 5.71. The van der Waals surface area contributed by atoms with Crippen molar-refractivity contribution in [3.63, 3.8) is 0 Å². The highest BCUT2D eigenvalue weighted by molar-refractivity contribution is 5.70. The second kappa shape index (κ2) is 41.0. The number of allylic oxidation sites excluding steroid dienone is 10. The standard InChI is InChI=1S/C45H78O5/c1-3-5-7-9-11-13-15-17-19-21-22-24-26-28-30-32-34-36-38-40-45(48)50-43(41-46)42-49-44(47)39-37-35-33-31-29-27-25-23-20-18-16-14-12-10-8-6-4-2/h6,8,12,14,18,20,25,27,31,33,43,46H,3-5,7,9-11,13,15-17,19,21-24,26,28-30,32,34-42H2,1-2H3. The van der Waals surface area contributed by atoms with E-state index in [9.17, 15) is 14.7 Å². The fraction of sp³-hybridized carbons (Fsp3) is 0.733. The summed E-state index contributed by atoms with van der Waals surface area (Å²) in [6.45, 7) is 3.98. The molecule has 0 aliphatic heterocycles. The van der Waals surface area contributed by atoms with Crippen LogP contribution >= 0.6 is 0 Å². The van der Waals surface area contributed by atoms with Gasteiger partial charge in [0.05, 0.1) is 6.61 Å². The molecule has 0 aliphatic carbocycles. The topological polar surface area (TPSA) is 72.8 Å². The molecule has 0 aliphatic rings. The lowest BCUT2D eigenvalue weighted by atomic mass is 10.0. The number of esters is 2. The maximum Gasteiger partial charge on any atom is 0.306 e. The number of hydrogen-bond acceptors (Lipinski definition) is 5. The monoisotopic (exact) mass is 699 g/mol. The number of carbonyl (C=O) groups excluding carboxylic acids is 2. The molecule has 0 rings (SSSR count). The molecule has 0 fully saturated rings. The van der Waals surface area contributed by atoms with Crippen molar-refractivity contribution < 1.29 is 24.2 Å². The largest absolute Gasteiger partial charge is 0.462 e. The van der Waals surface area contributed by atoms with Gasteiger partial charge in [0.25, 0.3) is 0 Å². The average molecular weight is 699 g/mol. The van der Waals surface area contributed by atoms with Gasteiger partial charge in [0.15, 0.2) is 6.10 Å². The SMILES string of the molecule is CCC=CCC=CCC=CCC=CCC=CCCCC(=O)OCC(CO)OC(=O)CCCCCCCCCCCCCCCCCCCCC. The number of rotatable bonds is 37. The molecular formula is C45H78O5. The van der Waals surface area contributed by atoms with E-state index >= 15 is 0 Å². The molecule has 50 heavy (non-hydrogen) atoms. The first-order valence-corrected chi connectivity index (χ1v) is 20.8. The van der Waals surface area contributed by atoms with Gasteiger partial charge in [-0.25, -0.2) is 0 Å². The Balaban J connectivity index is 3.61. The molecule has 0 aromatic heterocycles. The summed E-state index contributed by atoms with van der Waals surface area (Å²) in [5.41, 5.74) is 0. The molecule has 0 bridgehead atoms. The van der Waals surface area contributed by atoms with Gasteiger partial charge in [-0.15, -0.1) is 0 Å². The Morgan fingerprint density at radius 3 is 1.28 bits per heavy atom. The normalized spacial score (nSPS) is 12.8. The second-order valence-corrected chi connectivity index (χ2v) is 13.7. The summed E-state index contributed by atoms with van der Waals surface area (Å²) in [5.74, 6) is -0.656. The molecule has 0 heterocycles. The molecule has 0 saturated heterocycles. The van der Waals surface area contributed by atoms with Crippen LogP contribution in [0.25, 0.3) is 0 Å². The van der Waals surface area contributed by atoms with Gasteiger partial charge >= 0.3 is 11.9 Å². The zero-order chi connectivity index (χ0) is 36.4.